The normalized spacial score (nSPS) is 26.9. The molecule has 1 fully saturated rings. The second-order valence-corrected chi connectivity index (χ2v) is 1.82. The molecular formula is C4H6N2O3. The molecule has 3 amide bonds. The largest absolute Gasteiger partial charge is 0.349 e. The summed E-state index contributed by atoms with van der Waals surface area (Å²) < 4.78 is 0. The van der Waals surface area contributed by atoms with E-state index >= 15 is 0 Å². The molecule has 1 heterocycles. The summed E-state index contributed by atoms with van der Waals surface area (Å²) in [6.07, 6.45) is 0. The van der Waals surface area contributed by atoms with E-state index in [1.54, 1.807) is 0 Å². The lowest BCUT2D eigenvalue weighted by Crippen LogP contribution is -2.26. The molecule has 0 radical (unpaired) electrons. The molecule has 1 rings (SSSR count). The zero-order chi connectivity index (χ0) is 7.02. The molecule has 0 aromatic carbocycles. The smallest absolute Gasteiger partial charge is 0.324 e. The van der Waals surface area contributed by atoms with Gasteiger partial charge in [0, 0.05) is 0 Å². The van der Waals surface area contributed by atoms with E-state index in [0.717, 1.165) is 0 Å². The van der Waals surface area contributed by atoms with E-state index in [9.17, 15) is 9.59 Å². The maximum Gasteiger partial charge on any atom is 0.349 e. The first-order valence-corrected chi connectivity index (χ1v) is 2.46. The van der Waals surface area contributed by atoms with E-state index in [2.05, 4.69) is 5.32 Å². The van der Waals surface area contributed by atoms with Crippen molar-refractivity contribution in [3.05, 3.63) is 0 Å². The van der Waals surface area contributed by atoms with E-state index in [1.807, 2.05) is 0 Å². The Balaban J connectivity index is 2.77. The van der Waals surface area contributed by atoms with Gasteiger partial charge in [0.2, 0.25) is 0 Å². The third kappa shape index (κ3) is 0.746. The molecular weight excluding hydrogens is 124 g/mol. The minimum Gasteiger partial charge on any atom is -0.324 e. The van der Waals surface area contributed by atoms with Crippen LogP contribution in [0.1, 0.15) is 6.92 Å². The van der Waals surface area contributed by atoms with Crippen molar-refractivity contribution in [1.82, 2.24) is 10.4 Å². The number of nitrogens with one attached hydrogen (secondary N) is 1. The first kappa shape index (κ1) is 6.03. The number of rotatable bonds is 0. The van der Waals surface area contributed by atoms with Crippen LogP contribution in [0.4, 0.5) is 4.79 Å². The molecule has 0 aliphatic carbocycles. The van der Waals surface area contributed by atoms with Crippen LogP contribution in [0.2, 0.25) is 0 Å². The highest BCUT2D eigenvalue weighted by molar-refractivity contribution is 6.02. The minimum absolute atomic E-state index is 0.0741. The highest BCUT2D eigenvalue weighted by Gasteiger charge is 2.33. The summed E-state index contributed by atoms with van der Waals surface area (Å²) in [6.45, 7) is 1.50. The summed E-state index contributed by atoms with van der Waals surface area (Å²) in [5, 5.41) is 10.8. The summed E-state index contributed by atoms with van der Waals surface area (Å²) in [5.41, 5.74) is 0. The quantitative estimate of drug-likeness (QED) is 0.337. The lowest BCUT2D eigenvalue weighted by molar-refractivity contribution is -0.148. The Bertz CT molecular complexity index is 167. The van der Waals surface area contributed by atoms with Gasteiger partial charge in [-0.1, -0.05) is 0 Å². The van der Waals surface area contributed by atoms with Crippen LogP contribution in [0.5, 0.6) is 0 Å². The predicted molar refractivity (Wildman–Crippen MR) is 26.6 cm³/mol. The van der Waals surface area contributed by atoms with E-state index in [0.29, 0.717) is 0 Å². The number of hydrogen-bond acceptors (Lipinski definition) is 3. The number of hydrogen-bond donors (Lipinski definition) is 2. The molecule has 0 saturated carbocycles. The second-order valence-electron chi connectivity index (χ2n) is 1.82. The molecule has 5 nitrogen and oxygen atoms in total. The molecule has 0 bridgehead atoms. The van der Waals surface area contributed by atoms with Gasteiger partial charge in [0.15, 0.2) is 0 Å². The fourth-order valence-corrected chi connectivity index (χ4v) is 0.592. The fourth-order valence-electron chi connectivity index (χ4n) is 0.592. The Hall–Kier alpha value is -1.10. The Morgan fingerprint density at radius 1 is 1.67 bits per heavy atom. The van der Waals surface area contributed by atoms with Crippen molar-refractivity contribution < 1.29 is 14.8 Å². The van der Waals surface area contributed by atoms with Gasteiger partial charge >= 0.3 is 6.03 Å². The summed E-state index contributed by atoms with van der Waals surface area (Å²) in [4.78, 5) is 20.8. The molecule has 1 aliphatic heterocycles. The number of amides is 3. The first-order valence-electron chi connectivity index (χ1n) is 2.46. The predicted octanol–water partition coefficient (Wildman–Crippen LogP) is -0.684. The van der Waals surface area contributed by atoms with Gasteiger partial charge in [0.05, 0.1) is 0 Å². The molecule has 1 saturated heterocycles. The second kappa shape index (κ2) is 1.70. The lowest BCUT2D eigenvalue weighted by atomic mass is 10.4. The van der Waals surface area contributed by atoms with Gasteiger partial charge in [-0.2, -0.15) is 0 Å². The lowest BCUT2D eigenvalue weighted by Gasteiger charge is -1.97. The van der Waals surface area contributed by atoms with Crippen molar-refractivity contribution in [2.24, 2.45) is 0 Å². The standard InChI is InChI=1S/C4H6N2O3/c1-2-3(7)6(9)4(8)5-2/h2,9H,1H3,(H,5,8). The third-order valence-electron chi connectivity index (χ3n) is 1.11. The topological polar surface area (TPSA) is 69.6 Å². The van der Waals surface area contributed by atoms with Gasteiger partial charge in [-0.25, -0.2) is 4.79 Å². The highest BCUT2D eigenvalue weighted by Crippen LogP contribution is 2.00. The van der Waals surface area contributed by atoms with Crippen LogP contribution in [-0.4, -0.2) is 28.3 Å². The number of carbonyl (C=O) groups excluding carboxylic acids is 2. The molecule has 0 spiro atoms. The van der Waals surface area contributed by atoms with Crippen molar-refractivity contribution in [1.29, 1.82) is 0 Å². The number of imide groups is 1. The zero-order valence-electron chi connectivity index (χ0n) is 4.79. The molecule has 50 valence electrons. The van der Waals surface area contributed by atoms with Crippen molar-refractivity contribution in [3.63, 3.8) is 0 Å². The Morgan fingerprint density at radius 2 is 2.22 bits per heavy atom. The molecule has 9 heavy (non-hydrogen) atoms. The SMILES string of the molecule is CC1NC(=O)N(O)C1=O. The summed E-state index contributed by atoms with van der Waals surface area (Å²) in [7, 11) is 0. The van der Waals surface area contributed by atoms with Crippen LogP contribution < -0.4 is 5.32 Å². The monoisotopic (exact) mass is 130 g/mol. The van der Waals surface area contributed by atoms with Crippen LogP contribution in [0.15, 0.2) is 0 Å². The van der Waals surface area contributed by atoms with Crippen LogP contribution in [0, 0.1) is 0 Å². The third-order valence-corrected chi connectivity index (χ3v) is 1.11. The van der Waals surface area contributed by atoms with Crippen LogP contribution in [0.25, 0.3) is 0 Å². The van der Waals surface area contributed by atoms with Crippen molar-refractivity contribution in [2.45, 2.75) is 13.0 Å². The van der Waals surface area contributed by atoms with Crippen LogP contribution in [-0.2, 0) is 4.79 Å². The zero-order valence-corrected chi connectivity index (χ0v) is 4.79. The summed E-state index contributed by atoms with van der Waals surface area (Å²) >= 11 is 0. The molecule has 0 aromatic heterocycles. The molecule has 1 unspecified atom stereocenters. The molecule has 1 aliphatic rings. The Labute approximate surface area is 51.2 Å². The summed E-state index contributed by atoms with van der Waals surface area (Å²) in [6, 6.07) is -1.35. The van der Waals surface area contributed by atoms with Gasteiger partial charge in [-0.3, -0.25) is 10.0 Å². The van der Waals surface area contributed by atoms with Crippen molar-refractivity contribution >= 4 is 11.9 Å². The van der Waals surface area contributed by atoms with Crippen molar-refractivity contribution in [2.75, 3.05) is 0 Å². The average molecular weight is 130 g/mol. The number of carbonyl (C=O) groups is 2. The van der Waals surface area contributed by atoms with Gasteiger partial charge < -0.3 is 5.32 Å². The Morgan fingerprint density at radius 3 is 2.33 bits per heavy atom. The highest BCUT2D eigenvalue weighted by atomic mass is 16.5. The maximum absolute atomic E-state index is 10.5. The van der Waals surface area contributed by atoms with Gasteiger partial charge in [0.25, 0.3) is 5.91 Å². The number of hydroxylamine groups is 2. The molecule has 5 heteroatoms. The maximum atomic E-state index is 10.5. The number of urea groups is 1. The van der Waals surface area contributed by atoms with Gasteiger partial charge in [-0.15, -0.1) is 5.06 Å². The van der Waals surface area contributed by atoms with Crippen LogP contribution in [0.3, 0.4) is 0 Å². The summed E-state index contributed by atoms with van der Waals surface area (Å²) in [5.74, 6) is -0.611. The van der Waals surface area contributed by atoms with E-state index in [-0.39, 0.29) is 5.06 Å². The fraction of sp³-hybridized carbons (Fsp3) is 0.500. The molecule has 1 atom stereocenters. The van der Waals surface area contributed by atoms with E-state index in [1.165, 1.54) is 6.92 Å². The van der Waals surface area contributed by atoms with Gasteiger partial charge in [-0.05, 0) is 6.92 Å². The molecule has 2 N–H and O–H groups in total. The van der Waals surface area contributed by atoms with Crippen molar-refractivity contribution in [3.8, 4) is 0 Å². The molecule has 0 aromatic rings. The first-order chi connectivity index (χ1) is 4.13. The van der Waals surface area contributed by atoms with E-state index < -0.39 is 18.0 Å². The number of nitrogens with zero attached hydrogens (tertiary/aromatic N) is 1. The van der Waals surface area contributed by atoms with Gasteiger partial charge in [0.1, 0.15) is 6.04 Å². The minimum atomic E-state index is -0.757. The Kier molecular flexibility index (Phi) is 1.14. The average Bonchev–Trinajstić information content (AvgIpc) is 1.98. The van der Waals surface area contributed by atoms with E-state index in [4.69, 9.17) is 5.21 Å². The van der Waals surface area contributed by atoms with Crippen LogP contribution >= 0.6 is 0 Å².